The summed E-state index contributed by atoms with van der Waals surface area (Å²) in [6.07, 6.45) is 3.14. The molecule has 5 heteroatoms. The number of likely N-dealkylation sites (N-methyl/N-ethyl adjacent to an activating group) is 1. The summed E-state index contributed by atoms with van der Waals surface area (Å²) in [7, 11) is 2.17. The first kappa shape index (κ1) is 14.9. The molecule has 1 aromatic carbocycles. The van der Waals surface area contributed by atoms with Crippen LogP contribution in [0.2, 0.25) is 0 Å². The lowest BCUT2D eigenvalue weighted by atomic mass is 10.2. The largest absolute Gasteiger partial charge is 0.334 e. The highest BCUT2D eigenvalue weighted by atomic mass is 32.2. The van der Waals surface area contributed by atoms with Gasteiger partial charge in [0, 0.05) is 17.9 Å². The molecule has 1 aliphatic rings. The Morgan fingerprint density at radius 2 is 2.15 bits per heavy atom. The second-order valence-corrected chi connectivity index (χ2v) is 6.03. The zero-order chi connectivity index (χ0) is 14.2. The summed E-state index contributed by atoms with van der Waals surface area (Å²) in [4.78, 5) is 13.2. The lowest BCUT2D eigenvalue weighted by Gasteiger charge is -2.20. The van der Waals surface area contributed by atoms with Crippen LogP contribution in [0.4, 0.5) is 0 Å². The van der Waals surface area contributed by atoms with E-state index in [1.54, 1.807) is 11.8 Å². The number of hydrogen-bond acceptors (Lipinski definition) is 3. The number of quaternary nitrogens is 1. The van der Waals surface area contributed by atoms with Crippen molar-refractivity contribution in [1.82, 2.24) is 10.9 Å². The number of carbonyl (C=O) groups excluding carboxylic acids is 1. The summed E-state index contributed by atoms with van der Waals surface area (Å²) in [6.45, 7) is 2.12. The number of benzene rings is 1. The number of amides is 1. The van der Waals surface area contributed by atoms with Crippen molar-refractivity contribution in [3.05, 3.63) is 47.7 Å². The highest BCUT2D eigenvalue weighted by Crippen LogP contribution is 2.10. The number of hydrogen-bond donors (Lipinski definition) is 3. The highest BCUT2D eigenvalue weighted by molar-refractivity contribution is 7.99. The minimum Gasteiger partial charge on any atom is -0.334 e. The number of thioether (sulfide) groups is 1. The average molecular weight is 292 g/mol. The third-order valence-corrected chi connectivity index (χ3v) is 4.23. The van der Waals surface area contributed by atoms with E-state index in [0.29, 0.717) is 5.75 Å². The normalized spacial score (nSPS) is 18.2. The number of carbonyl (C=O) groups is 1. The van der Waals surface area contributed by atoms with Crippen molar-refractivity contribution in [3.8, 4) is 0 Å². The van der Waals surface area contributed by atoms with Crippen LogP contribution in [0.25, 0.3) is 0 Å². The van der Waals surface area contributed by atoms with Crippen LogP contribution in [0.3, 0.4) is 0 Å². The van der Waals surface area contributed by atoms with Gasteiger partial charge in [0.1, 0.15) is 0 Å². The van der Waals surface area contributed by atoms with Crippen LogP contribution in [0.1, 0.15) is 12.0 Å². The van der Waals surface area contributed by atoms with E-state index < -0.39 is 0 Å². The van der Waals surface area contributed by atoms with Crippen molar-refractivity contribution in [2.24, 2.45) is 0 Å². The van der Waals surface area contributed by atoms with Crippen LogP contribution in [0, 0.1) is 0 Å². The van der Waals surface area contributed by atoms with E-state index in [9.17, 15) is 4.79 Å². The van der Waals surface area contributed by atoms with Gasteiger partial charge in [0.05, 0.1) is 25.9 Å². The zero-order valence-electron chi connectivity index (χ0n) is 11.8. The maximum Gasteiger partial charge on any atom is 0.248 e. The Morgan fingerprint density at radius 1 is 1.35 bits per heavy atom. The van der Waals surface area contributed by atoms with Crippen molar-refractivity contribution in [1.29, 1.82) is 0 Å². The summed E-state index contributed by atoms with van der Waals surface area (Å²) in [6, 6.07) is 10.2. The van der Waals surface area contributed by atoms with E-state index in [4.69, 9.17) is 0 Å². The molecule has 0 fully saturated rings. The van der Waals surface area contributed by atoms with E-state index in [0.717, 1.165) is 31.0 Å². The Balaban J connectivity index is 1.61. The predicted molar refractivity (Wildman–Crippen MR) is 83.2 cm³/mol. The predicted octanol–water partition coefficient (Wildman–Crippen LogP) is 0.343. The van der Waals surface area contributed by atoms with Crippen LogP contribution in [0.5, 0.6) is 0 Å². The number of hydrazine groups is 1. The molecule has 4 nitrogen and oxygen atoms in total. The smallest absolute Gasteiger partial charge is 0.248 e. The molecule has 0 saturated heterocycles. The molecule has 108 valence electrons. The molecule has 0 spiro atoms. The molecule has 20 heavy (non-hydrogen) atoms. The first-order chi connectivity index (χ1) is 9.74. The van der Waals surface area contributed by atoms with Crippen LogP contribution >= 0.6 is 11.8 Å². The molecule has 0 radical (unpaired) electrons. The van der Waals surface area contributed by atoms with E-state index in [-0.39, 0.29) is 5.91 Å². The molecule has 1 atom stereocenters. The second-order valence-electron chi connectivity index (χ2n) is 5.04. The van der Waals surface area contributed by atoms with Gasteiger partial charge >= 0.3 is 0 Å². The summed E-state index contributed by atoms with van der Waals surface area (Å²) >= 11 is 1.63. The van der Waals surface area contributed by atoms with Crippen molar-refractivity contribution < 1.29 is 9.69 Å². The molecule has 0 saturated carbocycles. The molecule has 0 aromatic heterocycles. The Kier molecular flexibility index (Phi) is 5.95. The van der Waals surface area contributed by atoms with E-state index in [2.05, 4.69) is 36.1 Å². The van der Waals surface area contributed by atoms with E-state index >= 15 is 0 Å². The van der Waals surface area contributed by atoms with E-state index in [1.807, 2.05) is 18.2 Å². The topological polar surface area (TPSA) is 45.6 Å². The van der Waals surface area contributed by atoms with Gasteiger partial charge in [-0.25, -0.2) is 0 Å². The summed E-state index contributed by atoms with van der Waals surface area (Å²) < 4.78 is 0. The molecule has 1 heterocycles. The quantitative estimate of drug-likeness (QED) is 0.663. The van der Waals surface area contributed by atoms with Gasteiger partial charge in [0.25, 0.3) is 0 Å². The minimum absolute atomic E-state index is 0.0260. The van der Waals surface area contributed by atoms with Crippen LogP contribution in [-0.4, -0.2) is 31.8 Å². The molecule has 0 aliphatic carbocycles. The molecule has 0 bridgehead atoms. The fraction of sp³-hybridized carbons (Fsp3) is 0.400. The van der Waals surface area contributed by atoms with Crippen molar-refractivity contribution in [2.45, 2.75) is 12.2 Å². The highest BCUT2D eigenvalue weighted by Gasteiger charge is 2.10. The van der Waals surface area contributed by atoms with Crippen molar-refractivity contribution in [2.75, 3.05) is 25.9 Å². The SMILES string of the molecule is C[NH+]1CC=C(NNC(=O)CSCc2ccccc2)CC1. The Bertz CT molecular complexity index is 461. The van der Waals surface area contributed by atoms with Crippen LogP contribution in [0.15, 0.2) is 42.1 Å². The molecule has 2 rings (SSSR count). The van der Waals surface area contributed by atoms with Crippen molar-refractivity contribution in [3.63, 3.8) is 0 Å². The first-order valence-corrected chi connectivity index (χ1v) is 8.06. The van der Waals surface area contributed by atoms with Gasteiger partial charge in [-0.05, 0) is 11.6 Å². The monoisotopic (exact) mass is 292 g/mol. The Hall–Kier alpha value is -1.46. The number of rotatable bonds is 6. The summed E-state index contributed by atoms with van der Waals surface area (Å²) in [5.41, 5.74) is 8.16. The third kappa shape index (κ3) is 5.27. The van der Waals surface area contributed by atoms with Gasteiger partial charge in [-0.2, -0.15) is 0 Å². The van der Waals surface area contributed by atoms with Gasteiger partial charge in [-0.1, -0.05) is 30.3 Å². The molecular weight excluding hydrogens is 270 g/mol. The van der Waals surface area contributed by atoms with Crippen molar-refractivity contribution >= 4 is 17.7 Å². The third-order valence-electron chi connectivity index (χ3n) is 3.23. The molecule has 1 aliphatic heterocycles. The summed E-state index contributed by atoms with van der Waals surface area (Å²) in [5, 5.41) is 0. The number of nitrogens with one attached hydrogen (secondary N) is 3. The van der Waals surface area contributed by atoms with Gasteiger partial charge in [0.2, 0.25) is 5.91 Å². The minimum atomic E-state index is 0.0260. The van der Waals surface area contributed by atoms with E-state index in [1.165, 1.54) is 10.5 Å². The lowest BCUT2D eigenvalue weighted by Crippen LogP contribution is -3.09. The lowest BCUT2D eigenvalue weighted by molar-refractivity contribution is -0.875. The maximum atomic E-state index is 11.7. The molecule has 3 N–H and O–H groups in total. The fourth-order valence-electron chi connectivity index (χ4n) is 1.99. The van der Waals surface area contributed by atoms with Crippen LogP contribution in [-0.2, 0) is 10.5 Å². The second kappa shape index (κ2) is 7.97. The average Bonchev–Trinajstić information content (AvgIpc) is 2.48. The molecular formula is C15H22N3OS+. The van der Waals surface area contributed by atoms with Gasteiger partial charge in [0.15, 0.2) is 0 Å². The fourth-order valence-corrected chi connectivity index (χ4v) is 2.77. The first-order valence-electron chi connectivity index (χ1n) is 6.91. The summed E-state index contributed by atoms with van der Waals surface area (Å²) in [5.74, 6) is 1.36. The van der Waals surface area contributed by atoms with Gasteiger partial charge in [-0.3, -0.25) is 10.2 Å². The van der Waals surface area contributed by atoms with Crippen LogP contribution < -0.4 is 15.8 Å². The molecule has 1 amide bonds. The Labute approximate surface area is 124 Å². The molecule has 1 unspecified atom stereocenters. The Morgan fingerprint density at radius 3 is 2.85 bits per heavy atom. The van der Waals surface area contributed by atoms with Gasteiger partial charge < -0.3 is 10.3 Å². The molecule has 1 aromatic rings. The maximum absolute atomic E-state index is 11.7. The standard InChI is InChI=1S/C15H21N3OS/c1-18-9-7-14(8-10-18)16-17-15(19)12-20-11-13-5-3-2-4-6-13/h2-7,16H,8-12H2,1H3,(H,17,19)/p+1. The zero-order valence-corrected chi connectivity index (χ0v) is 12.6. The van der Waals surface area contributed by atoms with Gasteiger partial charge in [-0.15, -0.1) is 11.8 Å².